The highest BCUT2D eigenvalue weighted by Crippen LogP contribution is 2.08. The first-order valence-corrected chi connectivity index (χ1v) is 11.7. The van der Waals surface area contributed by atoms with E-state index in [9.17, 15) is 9.59 Å². The molecule has 0 unspecified atom stereocenters. The summed E-state index contributed by atoms with van der Waals surface area (Å²) in [6.45, 7) is 1.13. The third-order valence-electron chi connectivity index (χ3n) is 3.34. The van der Waals surface area contributed by atoms with Gasteiger partial charge in [0.15, 0.2) is 0 Å². The number of hydrogen-bond acceptors (Lipinski definition) is 4. The molecular formula is C17H30I2O4. The Labute approximate surface area is 168 Å². The van der Waals surface area contributed by atoms with Crippen LogP contribution in [-0.4, -0.2) is 34.0 Å². The minimum absolute atomic E-state index is 0.0605. The van der Waals surface area contributed by atoms with Crippen LogP contribution in [0.3, 0.4) is 0 Å². The molecule has 0 aliphatic rings. The molecule has 0 aromatic carbocycles. The maximum atomic E-state index is 11.3. The lowest BCUT2D eigenvalue weighted by Gasteiger charge is -2.05. The van der Waals surface area contributed by atoms with Crippen LogP contribution in [0, 0.1) is 0 Å². The molecule has 0 saturated heterocycles. The zero-order valence-electron chi connectivity index (χ0n) is 14.0. The molecule has 0 saturated carbocycles. The number of rotatable bonds is 16. The van der Waals surface area contributed by atoms with Crippen LogP contribution in [0.2, 0.25) is 0 Å². The van der Waals surface area contributed by atoms with Crippen molar-refractivity contribution in [3.8, 4) is 0 Å². The van der Waals surface area contributed by atoms with Crippen molar-refractivity contribution in [3.63, 3.8) is 0 Å². The second-order valence-electron chi connectivity index (χ2n) is 5.50. The number of ether oxygens (including phenoxy) is 2. The molecule has 136 valence electrons. The highest BCUT2D eigenvalue weighted by molar-refractivity contribution is 14.1. The third-order valence-corrected chi connectivity index (χ3v) is 4.87. The predicted molar refractivity (Wildman–Crippen MR) is 110 cm³/mol. The molecule has 0 aliphatic heterocycles. The largest absolute Gasteiger partial charge is 0.466 e. The van der Waals surface area contributed by atoms with Crippen molar-refractivity contribution in [1.82, 2.24) is 0 Å². The molecule has 0 aliphatic carbocycles. The van der Waals surface area contributed by atoms with E-state index in [1.807, 2.05) is 0 Å². The van der Waals surface area contributed by atoms with Crippen LogP contribution in [0.25, 0.3) is 0 Å². The molecule has 23 heavy (non-hydrogen) atoms. The van der Waals surface area contributed by atoms with Crippen molar-refractivity contribution in [2.45, 2.75) is 70.6 Å². The molecule has 0 bridgehead atoms. The molecule has 0 amide bonds. The lowest BCUT2D eigenvalue weighted by Crippen LogP contribution is -2.06. The highest BCUT2D eigenvalue weighted by Gasteiger charge is 2.02. The van der Waals surface area contributed by atoms with Gasteiger partial charge < -0.3 is 9.47 Å². The minimum atomic E-state index is -0.0605. The molecule has 0 fully saturated rings. The maximum absolute atomic E-state index is 11.3. The van der Waals surface area contributed by atoms with E-state index in [4.69, 9.17) is 9.47 Å². The van der Waals surface area contributed by atoms with Crippen LogP contribution in [0.5, 0.6) is 0 Å². The summed E-state index contributed by atoms with van der Waals surface area (Å²) in [6, 6.07) is 0. The average Bonchev–Trinajstić information content (AvgIpc) is 2.55. The monoisotopic (exact) mass is 552 g/mol. The molecular weight excluding hydrogens is 522 g/mol. The van der Waals surface area contributed by atoms with Crippen LogP contribution >= 0.6 is 45.2 Å². The van der Waals surface area contributed by atoms with Gasteiger partial charge in [-0.1, -0.05) is 77.3 Å². The van der Waals surface area contributed by atoms with Crippen molar-refractivity contribution < 1.29 is 19.1 Å². The molecule has 0 atom stereocenters. The van der Waals surface area contributed by atoms with Gasteiger partial charge in [-0.25, -0.2) is 0 Å². The third kappa shape index (κ3) is 18.6. The second-order valence-corrected chi connectivity index (χ2v) is 7.66. The summed E-state index contributed by atoms with van der Waals surface area (Å²) in [5.41, 5.74) is 0. The average molecular weight is 552 g/mol. The number of alkyl halides is 2. The van der Waals surface area contributed by atoms with Crippen LogP contribution in [0.4, 0.5) is 0 Å². The van der Waals surface area contributed by atoms with Crippen molar-refractivity contribution in [2.75, 3.05) is 22.1 Å². The summed E-state index contributed by atoms with van der Waals surface area (Å²) >= 11 is 4.54. The summed E-state index contributed by atoms with van der Waals surface area (Å²) < 4.78 is 12.3. The summed E-state index contributed by atoms with van der Waals surface area (Å²) in [4.78, 5) is 22.6. The van der Waals surface area contributed by atoms with Gasteiger partial charge in [0, 0.05) is 21.7 Å². The van der Waals surface area contributed by atoms with E-state index in [1.165, 1.54) is 19.3 Å². The number of carbonyl (C=O) groups is 2. The first-order chi connectivity index (χ1) is 11.2. The Hall–Kier alpha value is 0.400. The molecule has 6 heteroatoms. The Morgan fingerprint density at radius 1 is 0.565 bits per heavy atom. The van der Waals surface area contributed by atoms with Crippen LogP contribution in [0.15, 0.2) is 0 Å². The van der Waals surface area contributed by atoms with Gasteiger partial charge in [-0.15, -0.1) is 0 Å². The minimum Gasteiger partial charge on any atom is -0.466 e. The molecule has 0 aromatic heterocycles. The Kier molecular flexibility index (Phi) is 19.1. The second kappa shape index (κ2) is 18.7. The smallest absolute Gasteiger partial charge is 0.305 e. The zero-order chi connectivity index (χ0) is 17.2. The van der Waals surface area contributed by atoms with Crippen LogP contribution < -0.4 is 0 Å². The van der Waals surface area contributed by atoms with E-state index in [0.29, 0.717) is 26.1 Å². The van der Waals surface area contributed by atoms with Crippen molar-refractivity contribution in [2.24, 2.45) is 0 Å². The number of esters is 2. The van der Waals surface area contributed by atoms with Gasteiger partial charge in [0.25, 0.3) is 0 Å². The number of halogens is 2. The van der Waals surface area contributed by atoms with E-state index in [0.717, 1.165) is 47.4 Å². The predicted octanol–water partition coefficient (Wildman–Crippen LogP) is 5.23. The lowest BCUT2D eigenvalue weighted by atomic mass is 10.1. The van der Waals surface area contributed by atoms with Gasteiger partial charge in [-0.05, 0) is 25.7 Å². The summed E-state index contributed by atoms with van der Waals surface area (Å²) in [5.74, 6) is -0.121. The molecule has 0 N–H and O–H groups in total. The van der Waals surface area contributed by atoms with E-state index in [1.54, 1.807) is 0 Å². The van der Waals surface area contributed by atoms with E-state index in [2.05, 4.69) is 45.2 Å². The van der Waals surface area contributed by atoms with Gasteiger partial charge in [0.05, 0.1) is 13.2 Å². The lowest BCUT2D eigenvalue weighted by molar-refractivity contribution is -0.144. The molecule has 0 heterocycles. The summed E-state index contributed by atoms with van der Waals surface area (Å²) in [5, 5.41) is 0. The maximum Gasteiger partial charge on any atom is 0.305 e. The molecule has 4 nitrogen and oxygen atoms in total. The van der Waals surface area contributed by atoms with Gasteiger partial charge in [0.2, 0.25) is 0 Å². The SMILES string of the molecule is O=C(CCCI)OCCCCCCCCCOC(=O)CCCI. The summed E-state index contributed by atoms with van der Waals surface area (Å²) in [6.07, 6.45) is 10.6. The Morgan fingerprint density at radius 2 is 0.913 bits per heavy atom. The molecule has 0 spiro atoms. The van der Waals surface area contributed by atoms with Crippen molar-refractivity contribution >= 4 is 57.1 Å². The van der Waals surface area contributed by atoms with E-state index < -0.39 is 0 Å². The molecule has 0 aromatic rings. The van der Waals surface area contributed by atoms with Crippen LogP contribution in [-0.2, 0) is 19.1 Å². The molecule has 0 rings (SSSR count). The Bertz CT molecular complexity index is 270. The first-order valence-electron chi connectivity index (χ1n) is 8.64. The zero-order valence-corrected chi connectivity index (χ0v) is 18.3. The van der Waals surface area contributed by atoms with Crippen molar-refractivity contribution in [3.05, 3.63) is 0 Å². The quantitative estimate of drug-likeness (QED) is 0.114. The normalized spacial score (nSPS) is 10.5. The number of hydrogen-bond donors (Lipinski definition) is 0. The highest BCUT2D eigenvalue weighted by atomic mass is 127. The fraction of sp³-hybridized carbons (Fsp3) is 0.882. The van der Waals surface area contributed by atoms with Gasteiger partial charge >= 0.3 is 11.9 Å². The van der Waals surface area contributed by atoms with Crippen molar-refractivity contribution in [1.29, 1.82) is 0 Å². The molecule has 0 radical (unpaired) electrons. The van der Waals surface area contributed by atoms with Gasteiger partial charge in [0.1, 0.15) is 0 Å². The fourth-order valence-corrected chi connectivity index (χ4v) is 2.79. The Balaban J connectivity index is 3.16. The van der Waals surface area contributed by atoms with E-state index in [-0.39, 0.29) is 11.9 Å². The topological polar surface area (TPSA) is 52.6 Å². The van der Waals surface area contributed by atoms with Gasteiger partial charge in [-0.3, -0.25) is 9.59 Å². The standard InChI is InChI=1S/C17H30I2O4/c18-12-8-10-16(20)22-14-6-4-2-1-3-5-7-15-23-17(21)11-9-13-19/h1-15H2. The fourth-order valence-electron chi connectivity index (χ4n) is 2.03. The number of carbonyl (C=O) groups excluding carboxylic acids is 2. The number of unbranched alkanes of at least 4 members (excludes halogenated alkanes) is 6. The first kappa shape index (κ1) is 23.4. The van der Waals surface area contributed by atoms with Crippen LogP contribution in [0.1, 0.15) is 70.6 Å². The Morgan fingerprint density at radius 3 is 1.26 bits per heavy atom. The van der Waals surface area contributed by atoms with E-state index >= 15 is 0 Å². The van der Waals surface area contributed by atoms with Gasteiger partial charge in [-0.2, -0.15) is 0 Å². The summed E-state index contributed by atoms with van der Waals surface area (Å²) in [7, 11) is 0.